The summed E-state index contributed by atoms with van der Waals surface area (Å²) in [6, 6.07) is 110. The number of hydrogen-bond acceptors (Lipinski definition) is 15. The van der Waals surface area contributed by atoms with Gasteiger partial charge in [0.2, 0.25) is 0 Å². The van der Waals surface area contributed by atoms with Crippen molar-refractivity contribution in [2.45, 2.75) is 0 Å². The Bertz CT molecular complexity index is 7110. The summed E-state index contributed by atoms with van der Waals surface area (Å²) in [6.45, 7) is 0. The van der Waals surface area contributed by atoms with E-state index in [1.54, 1.807) is 0 Å². The van der Waals surface area contributed by atoms with E-state index in [0.717, 1.165) is 107 Å². The average molecular weight is 1920 g/mol. The summed E-state index contributed by atoms with van der Waals surface area (Å²) in [4.78, 5) is 44.8. The second kappa shape index (κ2) is 31.8. The van der Waals surface area contributed by atoms with Gasteiger partial charge in [0.25, 0.3) is 0 Å². The summed E-state index contributed by atoms with van der Waals surface area (Å²) in [5.74, 6) is 1.88. The second-order valence-electron chi connectivity index (χ2n) is 33.5. The number of anilines is 10. The van der Waals surface area contributed by atoms with Crippen molar-refractivity contribution in [3.05, 3.63) is 427 Å². The molecular formula is C110H70N15P5S5. The molecule has 0 spiro atoms. The molecule has 0 N–H and O–H groups in total. The normalized spacial score (nSPS) is 17.2. The van der Waals surface area contributed by atoms with E-state index in [2.05, 4.69) is 367 Å². The molecule has 640 valence electrons. The maximum atomic E-state index is 6.58. The fourth-order valence-corrected chi connectivity index (χ4v) is 44.8. The molecule has 0 aliphatic carbocycles. The summed E-state index contributed by atoms with van der Waals surface area (Å²) in [5, 5.41) is 12.3. The van der Waals surface area contributed by atoms with E-state index < -0.39 is 30.9 Å². The molecule has 0 radical (unpaired) electrons. The van der Waals surface area contributed by atoms with Gasteiger partial charge in [0.15, 0.2) is 0 Å². The number of rotatable bonds is 0. The number of hydrogen-bond donors (Lipinski definition) is 0. The van der Waals surface area contributed by atoms with Gasteiger partial charge in [-0.15, -0.1) is 0 Å². The van der Waals surface area contributed by atoms with Crippen molar-refractivity contribution >= 4 is 200 Å². The fraction of sp³-hybridized carbons (Fsp3) is 0. The van der Waals surface area contributed by atoms with Crippen LogP contribution in [0.1, 0.15) is 0 Å². The van der Waals surface area contributed by atoms with Gasteiger partial charge in [-0.05, 0) is 128 Å². The quantitative estimate of drug-likeness (QED) is 0.133. The van der Waals surface area contributed by atoms with Crippen molar-refractivity contribution in [2.24, 2.45) is 0 Å². The highest BCUT2D eigenvalue weighted by atomic mass is 32.5. The van der Waals surface area contributed by atoms with Gasteiger partial charge in [-0.3, -0.25) is 49.2 Å². The van der Waals surface area contributed by atoms with Crippen LogP contribution in [0.2, 0.25) is 0 Å². The number of benzene rings is 10. The van der Waals surface area contributed by atoms with E-state index in [4.69, 9.17) is 69.0 Å². The Labute approximate surface area is 804 Å². The van der Waals surface area contributed by atoms with Crippen LogP contribution in [-0.4, -0.2) is 49.8 Å². The molecule has 10 aliphatic rings. The van der Waals surface area contributed by atoms with Crippen LogP contribution in [-0.2, 0) is 59.0 Å². The molecule has 10 aliphatic heterocycles. The van der Waals surface area contributed by atoms with Crippen LogP contribution in [0.5, 0.6) is 0 Å². The Kier molecular flexibility index (Phi) is 19.3. The van der Waals surface area contributed by atoms with Crippen molar-refractivity contribution < 1.29 is 0 Å². The number of aromatic nitrogens is 10. The lowest BCUT2D eigenvalue weighted by Crippen LogP contribution is -2.37. The van der Waals surface area contributed by atoms with Crippen LogP contribution in [0.3, 0.4) is 0 Å². The van der Waals surface area contributed by atoms with E-state index in [-0.39, 0.29) is 0 Å². The first-order chi connectivity index (χ1) is 66.5. The molecule has 0 saturated carbocycles. The Morgan fingerprint density at radius 1 is 0.141 bits per heavy atom. The number of nitrogens with zero attached hydrogens (tertiary/aromatic N) is 15. The van der Waals surface area contributed by atoms with Crippen LogP contribution < -0.4 is 76.4 Å². The standard InChI is InChI=1S/5C22H14N3PS/c27-26-20-9-3-1-6-16(20)15-11-13-23-14-19(15)25(26)22-18(8-5-12-24-22)17-7-2-4-10-21(17)26;27-26-20-9-3-1-6-15(20)17-8-5-12-24-22(17)25(26)19-11-13-23-14-18(19)16-7-2-4-10-21(16)26;27-26-21-7-3-1-5-16(21)15-9-11-24-14-20(15)25(26)19-10-12-23-13-18(19)17-6-2-4-8-22(17)26;2*27-26-21-7-3-1-5-15(21)17-13-23-11-9-19(17)25(26)20-10-12-24-14-18(20)16-6-2-4-8-22(16)26/h5*1-14H. The highest BCUT2D eigenvalue weighted by Crippen LogP contribution is 2.72. The Balaban J connectivity index is 0.0000000878. The molecule has 10 aromatic heterocycles. The molecule has 20 heterocycles. The Morgan fingerprint density at radius 2 is 0.311 bits per heavy atom. The van der Waals surface area contributed by atoms with E-state index in [1.807, 2.05) is 124 Å². The van der Waals surface area contributed by atoms with Gasteiger partial charge in [0.05, 0.1) is 88.8 Å². The maximum Gasteiger partial charge on any atom is 0.145 e. The predicted octanol–water partition coefficient (Wildman–Crippen LogP) is 23.1. The minimum absolute atomic E-state index is 0.934. The zero-order chi connectivity index (χ0) is 90.0. The van der Waals surface area contributed by atoms with Gasteiger partial charge in [0.1, 0.15) is 11.6 Å². The van der Waals surface area contributed by atoms with Crippen molar-refractivity contribution in [1.29, 1.82) is 0 Å². The average Bonchev–Trinajstić information content (AvgIpc) is 0.709. The van der Waals surface area contributed by atoms with Crippen molar-refractivity contribution in [3.63, 3.8) is 0 Å². The smallest absolute Gasteiger partial charge is 0.145 e. The van der Waals surface area contributed by atoms with Crippen molar-refractivity contribution in [2.75, 3.05) is 23.4 Å². The highest BCUT2D eigenvalue weighted by molar-refractivity contribution is 8.25. The van der Waals surface area contributed by atoms with Gasteiger partial charge in [-0.25, -0.2) is 9.97 Å². The van der Waals surface area contributed by atoms with E-state index in [0.29, 0.717) is 0 Å². The monoisotopic (exact) mass is 1920 g/mol. The minimum Gasteiger partial charge on any atom is -0.304 e. The van der Waals surface area contributed by atoms with Gasteiger partial charge in [-0.2, -0.15) is 0 Å². The van der Waals surface area contributed by atoms with E-state index in [9.17, 15) is 0 Å². The third-order valence-electron chi connectivity index (χ3n) is 26.8. The lowest BCUT2D eigenvalue weighted by molar-refractivity contribution is 1.21. The first-order valence-electron chi connectivity index (χ1n) is 43.9. The number of fused-ring (bicyclic) bond motifs is 55. The summed E-state index contributed by atoms with van der Waals surface area (Å²) >= 11 is 32.9. The van der Waals surface area contributed by atoms with Gasteiger partial charge < -0.3 is 14.0 Å². The molecule has 0 bridgehead atoms. The summed E-state index contributed by atoms with van der Waals surface area (Å²) < 4.78 is 11.8. The van der Waals surface area contributed by atoms with E-state index >= 15 is 0 Å². The van der Waals surface area contributed by atoms with Gasteiger partial charge >= 0.3 is 0 Å². The summed E-state index contributed by atoms with van der Waals surface area (Å²) in [7, 11) is 0. The van der Waals surface area contributed by atoms with Gasteiger partial charge in [-0.1, -0.05) is 302 Å². The molecular weight excluding hydrogens is 1850 g/mol. The third kappa shape index (κ3) is 11.8. The zero-order valence-electron chi connectivity index (χ0n) is 71.4. The van der Waals surface area contributed by atoms with Gasteiger partial charge in [0, 0.05) is 208 Å². The molecule has 15 nitrogen and oxygen atoms in total. The highest BCUT2D eigenvalue weighted by Gasteiger charge is 2.51. The molecule has 10 aromatic carbocycles. The lowest BCUT2D eigenvalue weighted by Gasteiger charge is -2.46. The molecule has 0 saturated heterocycles. The van der Waals surface area contributed by atoms with Crippen LogP contribution in [0, 0.1) is 0 Å². The topological polar surface area (TPSA) is 145 Å². The molecule has 25 heteroatoms. The zero-order valence-corrected chi connectivity index (χ0v) is 80.0. The largest absolute Gasteiger partial charge is 0.304 e. The molecule has 3 atom stereocenters. The van der Waals surface area contributed by atoms with Crippen LogP contribution in [0.15, 0.2) is 427 Å². The maximum absolute atomic E-state index is 6.58. The third-order valence-corrected chi connectivity index (χ3v) is 50.5. The lowest BCUT2D eigenvalue weighted by atomic mass is 10.0. The van der Waals surface area contributed by atoms with Crippen molar-refractivity contribution in [3.8, 4) is 111 Å². The summed E-state index contributed by atoms with van der Waals surface area (Å²) in [6.07, 6.45) is 22.8. The molecule has 0 fully saturated rings. The minimum atomic E-state index is -2.30. The Morgan fingerprint density at radius 3 is 0.563 bits per heavy atom. The SMILES string of the molecule is S=P12c3ccccc3-c3ccncc3N1c1ncccc1-c1ccccc12.S=P12c3ccccc3-c3cnccc3N1c1ccncc1-c1ccccc12.S=P12c3ccccc3-c3cnccc3N1c1ccncc1-c1ccccc12.S=P12c3ccccc3-c3cnccc3N1c1cnccc1-c1ccccc12.S=P12c3ccccc3-c3cnccc3N1c1ncccc1-c1ccccc12. The molecule has 20 aromatic rings. The first kappa shape index (κ1) is 81.7. The predicted molar refractivity (Wildman–Crippen MR) is 575 cm³/mol. The molecule has 135 heavy (non-hydrogen) atoms. The van der Waals surface area contributed by atoms with Crippen LogP contribution in [0.4, 0.5) is 57.1 Å². The second-order valence-corrected chi connectivity index (χ2v) is 54.0. The summed E-state index contributed by atoms with van der Waals surface area (Å²) in [5.41, 5.74) is 32.3. The van der Waals surface area contributed by atoms with Crippen molar-refractivity contribution in [1.82, 2.24) is 49.8 Å². The Hall–Kier alpha value is -14.1. The first-order valence-corrected chi connectivity index (χ1v) is 57.7. The fourth-order valence-electron chi connectivity index (χ4n) is 21.3. The molecule has 0 amide bonds. The molecule has 30 rings (SSSR count). The molecule has 3 unspecified atom stereocenters. The van der Waals surface area contributed by atoms with Crippen LogP contribution in [0.25, 0.3) is 111 Å². The van der Waals surface area contributed by atoms with E-state index in [1.165, 1.54) is 114 Å². The van der Waals surface area contributed by atoms with Crippen LogP contribution >= 0.6 is 30.9 Å². The number of pyridine rings is 10.